The molecule has 0 aromatic heterocycles. The van der Waals surface area contributed by atoms with Crippen molar-refractivity contribution in [2.75, 3.05) is 0 Å². The second-order valence-electron chi connectivity index (χ2n) is 6.80. The van der Waals surface area contributed by atoms with Gasteiger partial charge >= 0.3 is 0 Å². The van der Waals surface area contributed by atoms with Crippen LogP contribution in [0.1, 0.15) is 58.9 Å². The zero-order valence-corrected chi connectivity index (χ0v) is 17.3. The Morgan fingerprint density at radius 3 is 2.12 bits per heavy atom. The lowest BCUT2D eigenvalue weighted by Crippen LogP contribution is -2.28. The summed E-state index contributed by atoms with van der Waals surface area (Å²) in [5.74, 6) is -1.54. The molecule has 1 rings (SSSR count). The van der Waals surface area contributed by atoms with E-state index < -0.39 is 27.9 Å². The molecule has 3 nitrogen and oxygen atoms in total. The van der Waals surface area contributed by atoms with Gasteiger partial charge < -0.3 is 13.9 Å². The van der Waals surface area contributed by atoms with Crippen molar-refractivity contribution in [3.8, 4) is 0 Å². The molecule has 1 aromatic carbocycles. The molecule has 0 N–H and O–H groups in total. The van der Waals surface area contributed by atoms with E-state index in [0.29, 0.717) is 0 Å². The smallest absolute Gasteiger partial charge is 0.262 e. The van der Waals surface area contributed by atoms with Gasteiger partial charge in [0.1, 0.15) is 0 Å². The molecule has 0 atom stereocenters. The summed E-state index contributed by atoms with van der Waals surface area (Å²) in [6.45, 7) is 7.33. The van der Waals surface area contributed by atoms with Crippen LogP contribution < -0.4 is 0 Å². The molecule has 6 heteroatoms. The van der Waals surface area contributed by atoms with Crippen LogP contribution in [0.2, 0.25) is 6.04 Å². The lowest BCUT2D eigenvalue weighted by molar-refractivity contribution is -0.275. The zero-order valence-electron chi connectivity index (χ0n) is 15.9. The summed E-state index contributed by atoms with van der Waals surface area (Å²) < 4.78 is 43.0. The van der Waals surface area contributed by atoms with Crippen LogP contribution in [-0.2, 0) is 20.3 Å². The van der Waals surface area contributed by atoms with E-state index in [9.17, 15) is 8.78 Å². The molecule has 0 spiro atoms. The van der Waals surface area contributed by atoms with E-state index in [2.05, 4.69) is 0 Å². The van der Waals surface area contributed by atoms with Gasteiger partial charge in [-0.2, -0.15) is 0 Å². The molecule has 0 aliphatic heterocycles. The molecule has 0 aliphatic carbocycles. The van der Waals surface area contributed by atoms with Crippen LogP contribution in [0.5, 0.6) is 0 Å². The number of unbranched alkanes of at least 4 members (excludes halogenated alkanes) is 3. The first-order valence-corrected chi connectivity index (χ1v) is 10.8. The normalized spacial score (nSPS) is 12.4. The molecule has 0 saturated carbocycles. The predicted octanol–water partition coefficient (Wildman–Crippen LogP) is 4.72. The predicted molar refractivity (Wildman–Crippen MR) is 99.2 cm³/mol. The van der Waals surface area contributed by atoms with Gasteiger partial charge in [-0.15, -0.1) is 0 Å². The highest BCUT2D eigenvalue weighted by Crippen LogP contribution is 2.13. The largest absolute Gasteiger partial charge is 0.379 e. The second kappa shape index (κ2) is 12.5. The topological polar surface area (TPSA) is 27.7 Å². The molecule has 0 heterocycles. The monoisotopic (exact) mass is 374 g/mol. The molecule has 0 radical (unpaired) electrons. The van der Waals surface area contributed by atoms with E-state index >= 15 is 0 Å². The minimum atomic E-state index is -0.782. The highest BCUT2D eigenvalue weighted by atomic mass is 28.2. The summed E-state index contributed by atoms with van der Waals surface area (Å²) in [6, 6.07) is 5.23. The van der Waals surface area contributed by atoms with Crippen molar-refractivity contribution in [2.45, 2.75) is 84.5 Å². The summed E-state index contributed by atoms with van der Waals surface area (Å²) in [6.07, 6.45) is 5.27. The van der Waals surface area contributed by atoms with Crippen molar-refractivity contribution in [3.63, 3.8) is 0 Å². The van der Waals surface area contributed by atoms with Crippen LogP contribution in [0, 0.1) is 11.6 Å². The molecule has 0 unspecified atom stereocenters. The zero-order chi connectivity index (χ0) is 18.7. The molecular weight excluding hydrogens is 342 g/mol. The van der Waals surface area contributed by atoms with Gasteiger partial charge in [-0.3, -0.25) is 0 Å². The third-order valence-corrected chi connectivity index (χ3v) is 4.91. The molecule has 0 amide bonds. The third kappa shape index (κ3) is 10.7. The van der Waals surface area contributed by atoms with Gasteiger partial charge in [0.15, 0.2) is 21.4 Å². The first-order valence-electron chi connectivity index (χ1n) is 9.25. The first kappa shape index (κ1) is 22.2. The van der Waals surface area contributed by atoms with E-state index in [-0.39, 0.29) is 12.2 Å². The van der Waals surface area contributed by atoms with Gasteiger partial charge in [0.25, 0.3) is 6.48 Å². The molecule has 0 bridgehead atoms. The van der Waals surface area contributed by atoms with Crippen molar-refractivity contribution >= 4 is 9.76 Å². The molecule has 0 aliphatic rings. The standard InChI is InChI=1S/C19H32F2O3Si/c1-14(2)22-19(23-15(3)4)24-25-12-8-6-5-7-9-16-10-11-17(20)18(21)13-16/h10-11,13-15,19H,5-9,12,25H2,1-4H3. The first-order chi connectivity index (χ1) is 11.9. The van der Waals surface area contributed by atoms with Crippen LogP contribution in [0.15, 0.2) is 18.2 Å². The lowest BCUT2D eigenvalue weighted by Gasteiger charge is -2.23. The summed E-state index contributed by atoms with van der Waals surface area (Å²) in [5.41, 5.74) is 0.858. The number of hydrogen-bond acceptors (Lipinski definition) is 3. The number of ether oxygens (including phenoxy) is 2. The molecule has 25 heavy (non-hydrogen) atoms. The Morgan fingerprint density at radius 2 is 1.52 bits per heavy atom. The summed E-state index contributed by atoms with van der Waals surface area (Å²) >= 11 is 0. The minimum absolute atomic E-state index is 0.0778. The SMILES string of the molecule is CC(C)OC(O[SiH2]CCCCCCc1ccc(F)c(F)c1)OC(C)C. The van der Waals surface area contributed by atoms with Crippen LogP contribution in [0.3, 0.4) is 0 Å². The maximum atomic E-state index is 13.1. The van der Waals surface area contributed by atoms with Gasteiger partial charge in [-0.05, 0) is 64.3 Å². The van der Waals surface area contributed by atoms with Crippen molar-refractivity contribution in [3.05, 3.63) is 35.4 Å². The van der Waals surface area contributed by atoms with Gasteiger partial charge in [-0.25, -0.2) is 8.78 Å². The van der Waals surface area contributed by atoms with E-state index in [0.717, 1.165) is 43.7 Å². The fourth-order valence-electron chi connectivity index (χ4n) is 2.39. The van der Waals surface area contributed by atoms with Gasteiger partial charge in [-0.1, -0.05) is 25.3 Å². The highest BCUT2D eigenvalue weighted by Gasteiger charge is 2.13. The van der Waals surface area contributed by atoms with Crippen molar-refractivity contribution < 1.29 is 22.7 Å². The van der Waals surface area contributed by atoms with Crippen LogP contribution >= 0.6 is 0 Å². The van der Waals surface area contributed by atoms with E-state index in [1.807, 2.05) is 27.7 Å². The maximum Gasteiger partial charge on any atom is 0.262 e. The molecule has 0 saturated heterocycles. The van der Waals surface area contributed by atoms with E-state index in [4.69, 9.17) is 13.9 Å². The third-order valence-electron chi connectivity index (χ3n) is 3.61. The van der Waals surface area contributed by atoms with Crippen molar-refractivity contribution in [1.82, 2.24) is 0 Å². The van der Waals surface area contributed by atoms with Crippen LogP contribution in [0.25, 0.3) is 0 Å². The van der Waals surface area contributed by atoms with E-state index in [1.165, 1.54) is 12.1 Å². The van der Waals surface area contributed by atoms with Crippen molar-refractivity contribution in [1.29, 1.82) is 0 Å². The fourth-order valence-corrected chi connectivity index (χ4v) is 3.47. The Labute approximate surface area is 153 Å². The Bertz CT molecular complexity index is 474. The van der Waals surface area contributed by atoms with Crippen molar-refractivity contribution in [2.24, 2.45) is 0 Å². The molecule has 0 fully saturated rings. The number of hydrogen-bond donors (Lipinski definition) is 0. The van der Waals surface area contributed by atoms with Crippen LogP contribution in [-0.4, -0.2) is 28.4 Å². The maximum absolute atomic E-state index is 13.1. The highest BCUT2D eigenvalue weighted by molar-refractivity contribution is 6.27. The average molecular weight is 375 g/mol. The molecule has 144 valence electrons. The quantitative estimate of drug-likeness (QED) is 0.284. The fraction of sp³-hybridized carbons (Fsp3) is 0.684. The summed E-state index contributed by atoms with van der Waals surface area (Å²) in [7, 11) is -0.658. The Kier molecular flexibility index (Phi) is 11.1. The Hall–Kier alpha value is -0.823. The van der Waals surface area contributed by atoms with Gasteiger partial charge in [0, 0.05) is 0 Å². The average Bonchev–Trinajstić information content (AvgIpc) is 2.52. The number of benzene rings is 1. The number of rotatable bonds is 13. The lowest BCUT2D eigenvalue weighted by atomic mass is 10.1. The van der Waals surface area contributed by atoms with Gasteiger partial charge in [0.2, 0.25) is 0 Å². The van der Waals surface area contributed by atoms with Crippen LogP contribution in [0.4, 0.5) is 8.78 Å². The summed E-state index contributed by atoms with van der Waals surface area (Å²) in [5, 5.41) is 0. The number of aryl methyl sites for hydroxylation is 1. The minimum Gasteiger partial charge on any atom is -0.379 e. The Balaban J connectivity index is 2.07. The summed E-state index contributed by atoms with van der Waals surface area (Å²) in [4.78, 5) is 0. The number of halogens is 2. The molecule has 1 aromatic rings. The van der Waals surface area contributed by atoms with E-state index in [1.54, 1.807) is 6.07 Å². The molecular formula is C19H32F2O3Si. The van der Waals surface area contributed by atoms with Gasteiger partial charge in [0.05, 0.1) is 12.2 Å². The Morgan fingerprint density at radius 1 is 0.880 bits per heavy atom. The second-order valence-corrected chi connectivity index (χ2v) is 8.24.